The molecule has 0 aliphatic heterocycles. The molecule has 0 saturated heterocycles. The van der Waals surface area contributed by atoms with Crippen LogP contribution in [-0.2, 0) is 0 Å². The first-order valence-corrected chi connectivity index (χ1v) is 24.2. The Balaban J connectivity index is 1.04. The smallest absolute Gasteiger partial charge is 0.343 e. The Hall–Kier alpha value is -5.69. The molecule has 0 aliphatic rings. The normalized spacial score (nSPS) is 11.0. The summed E-state index contributed by atoms with van der Waals surface area (Å²) in [6, 6.07) is 35.1. The molecule has 0 bridgehead atoms. The molecule has 0 spiro atoms. The van der Waals surface area contributed by atoms with Crippen molar-refractivity contribution >= 4 is 11.9 Å². The molecule has 0 aromatic heterocycles. The van der Waals surface area contributed by atoms with Crippen LogP contribution in [0.4, 0.5) is 0 Å². The SMILES string of the molecule is CCCCCCCCCCCCOc1ccc(C(=O)Oc2ccc(-c3ccccc(-c4ccc(OC(=O)c5ccc(OCCCCCCCCCCCC)cc5)cc4)c3=O)cc2)cc1. The fourth-order valence-corrected chi connectivity index (χ4v) is 7.73. The van der Waals surface area contributed by atoms with Crippen molar-refractivity contribution in [1.29, 1.82) is 0 Å². The second-order valence-corrected chi connectivity index (χ2v) is 16.8. The van der Waals surface area contributed by atoms with E-state index in [2.05, 4.69) is 13.8 Å². The van der Waals surface area contributed by atoms with E-state index in [0.29, 0.717) is 58.1 Å². The summed E-state index contributed by atoms with van der Waals surface area (Å²) in [7, 11) is 0. The molecule has 0 amide bonds. The number of ether oxygens (including phenoxy) is 4. The second kappa shape index (κ2) is 28.9. The minimum Gasteiger partial charge on any atom is -0.494 e. The number of carbonyl (C=O) groups is 2. The summed E-state index contributed by atoms with van der Waals surface area (Å²) < 4.78 is 23.1. The van der Waals surface area contributed by atoms with Gasteiger partial charge in [-0.3, -0.25) is 4.79 Å². The largest absolute Gasteiger partial charge is 0.494 e. The van der Waals surface area contributed by atoms with E-state index in [1.54, 1.807) is 109 Å². The van der Waals surface area contributed by atoms with E-state index >= 15 is 0 Å². The molecule has 7 nitrogen and oxygen atoms in total. The molecule has 64 heavy (non-hydrogen) atoms. The number of hydrogen-bond donors (Lipinski definition) is 0. The van der Waals surface area contributed by atoms with E-state index in [1.807, 2.05) is 12.1 Å². The van der Waals surface area contributed by atoms with Crippen molar-refractivity contribution in [2.75, 3.05) is 13.2 Å². The highest BCUT2D eigenvalue weighted by molar-refractivity contribution is 5.92. The predicted octanol–water partition coefficient (Wildman–Crippen LogP) is 15.4. The number of benzene rings is 4. The monoisotopic (exact) mass is 867 g/mol. The maximum Gasteiger partial charge on any atom is 0.343 e. The van der Waals surface area contributed by atoms with Crippen LogP contribution >= 0.6 is 0 Å². The van der Waals surface area contributed by atoms with Crippen molar-refractivity contribution in [3.63, 3.8) is 0 Å². The van der Waals surface area contributed by atoms with E-state index in [4.69, 9.17) is 18.9 Å². The molecular formula is C57H70O7. The van der Waals surface area contributed by atoms with Gasteiger partial charge < -0.3 is 18.9 Å². The summed E-state index contributed by atoms with van der Waals surface area (Å²) in [6.07, 6.45) is 25.5. The van der Waals surface area contributed by atoms with Crippen LogP contribution in [0.1, 0.15) is 163 Å². The highest BCUT2D eigenvalue weighted by atomic mass is 16.5. The third-order valence-corrected chi connectivity index (χ3v) is 11.6. The molecule has 5 aromatic carbocycles. The van der Waals surface area contributed by atoms with E-state index < -0.39 is 11.9 Å². The lowest BCUT2D eigenvalue weighted by Crippen LogP contribution is -2.09. The summed E-state index contributed by atoms with van der Waals surface area (Å²) in [5.41, 5.74) is 3.05. The van der Waals surface area contributed by atoms with Crippen molar-refractivity contribution in [3.8, 4) is 45.3 Å². The lowest BCUT2D eigenvalue weighted by molar-refractivity contribution is 0.0725. The van der Waals surface area contributed by atoms with Gasteiger partial charge in [-0.1, -0.05) is 178 Å². The molecule has 0 radical (unpaired) electrons. The zero-order valence-electron chi connectivity index (χ0n) is 38.5. The summed E-state index contributed by atoms with van der Waals surface area (Å²) in [5.74, 6) is 1.26. The summed E-state index contributed by atoms with van der Waals surface area (Å²) in [4.78, 5) is 39.8. The van der Waals surface area contributed by atoms with Crippen LogP contribution in [0.3, 0.4) is 0 Å². The molecule has 340 valence electrons. The lowest BCUT2D eigenvalue weighted by atomic mass is 10.0. The Labute approximate surface area is 382 Å². The minimum atomic E-state index is -0.474. The molecule has 0 N–H and O–H groups in total. The number of rotatable bonds is 30. The Bertz CT molecular complexity index is 1990. The average molecular weight is 867 g/mol. The van der Waals surface area contributed by atoms with Crippen molar-refractivity contribution in [2.24, 2.45) is 0 Å². The summed E-state index contributed by atoms with van der Waals surface area (Å²) >= 11 is 0. The van der Waals surface area contributed by atoms with Crippen LogP contribution in [0.5, 0.6) is 23.0 Å². The highest BCUT2D eigenvalue weighted by Gasteiger charge is 2.13. The number of carbonyl (C=O) groups excluding carboxylic acids is 2. The van der Waals surface area contributed by atoms with E-state index in [1.165, 1.54) is 116 Å². The van der Waals surface area contributed by atoms with Crippen LogP contribution < -0.4 is 24.4 Å². The maximum atomic E-state index is 13.9. The number of unbranched alkanes of at least 4 members (excludes halogenated alkanes) is 18. The topological polar surface area (TPSA) is 88.1 Å². The first-order valence-electron chi connectivity index (χ1n) is 24.2. The molecule has 7 heteroatoms. The Morgan fingerprint density at radius 3 is 0.984 bits per heavy atom. The number of esters is 2. The first-order chi connectivity index (χ1) is 31.4. The molecular weight excluding hydrogens is 797 g/mol. The van der Waals surface area contributed by atoms with Crippen LogP contribution in [0.25, 0.3) is 22.3 Å². The molecule has 5 aromatic rings. The van der Waals surface area contributed by atoms with Gasteiger partial charge in [-0.15, -0.1) is 0 Å². The highest BCUT2D eigenvalue weighted by Crippen LogP contribution is 2.26. The van der Waals surface area contributed by atoms with E-state index in [9.17, 15) is 14.4 Å². The minimum absolute atomic E-state index is 0.162. The van der Waals surface area contributed by atoms with Gasteiger partial charge in [0, 0.05) is 11.1 Å². The van der Waals surface area contributed by atoms with Crippen molar-refractivity contribution in [2.45, 2.75) is 142 Å². The third-order valence-electron chi connectivity index (χ3n) is 11.6. The van der Waals surface area contributed by atoms with Crippen LogP contribution in [0.2, 0.25) is 0 Å². The van der Waals surface area contributed by atoms with E-state index in [-0.39, 0.29) is 5.43 Å². The van der Waals surface area contributed by atoms with Gasteiger partial charge in [0.15, 0.2) is 5.43 Å². The molecule has 0 aliphatic carbocycles. The van der Waals surface area contributed by atoms with Crippen LogP contribution in [-0.4, -0.2) is 25.2 Å². The van der Waals surface area contributed by atoms with Gasteiger partial charge in [0.05, 0.1) is 24.3 Å². The predicted molar refractivity (Wildman–Crippen MR) is 261 cm³/mol. The molecule has 0 atom stereocenters. The van der Waals surface area contributed by atoms with Gasteiger partial charge in [-0.05, 0) is 96.8 Å². The van der Waals surface area contributed by atoms with Gasteiger partial charge in [0.1, 0.15) is 23.0 Å². The molecule has 5 rings (SSSR count). The zero-order valence-corrected chi connectivity index (χ0v) is 38.5. The fourth-order valence-electron chi connectivity index (χ4n) is 7.73. The van der Waals surface area contributed by atoms with Crippen molar-refractivity contribution in [3.05, 3.63) is 143 Å². The van der Waals surface area contributed by atoms with Gasteiger partial charge in [-0.25, -0.2) is 9.59 Å². The maximum absolute atomic E-state index is 13.9. The Kier molecular flexibility index (Phi) is 22.3. The van der Waals surface area contributed by atoms with Crippen molar-refractivity contribution in [1.82, 2.24) is 0 Å². The molecule has 0 fully saturated rings. The Morgan fingerprint density at radius 2 is 0.656 bits per heavy atom. The van der Waals surface area contributed by atoms with Gasteiger partial charge in [-0.2, -0.15) is 0 Å². The molecule has 0 unspecified atom stereocenters. The van der Waals surface area contributed by atoms with Gasteiger partial charge >= 0.3 is 11.9 Å². The quantitative estimate of drug-likeness (QED) is 0.0258. The average Bonchev–Trinajstić information content (AvgIpc) is 3.51. The lowest BCUT2D eigenvalue weighted by Gasteiger charge is -2.09. The van der Waals surface area contributed by atoms with E-state index in [0.717, 1.165) is 24.3 Å². The molecule has 0 heterocycles. The van der Waals surface area contributed by atoms with Crippen LogP contribution in [0, 0.1) is 0 Å². The fraction of sp³-hybridized carbons (Fsp3) is 0.421. The van der Waals surface area contributed by atoms with Crippen LogP contribution in [0.15, 0.2) is 126 Å². The second-order valence-electron chi connectivity index (χ2n) is 16.8. The third kappa shape index (κ3) is 17.5. The first kappa shape index (κ1) is 49.3. The zero-order chi connectivity index (χ0) is 45.0. The van der Waals surface area contributed by atoms with Crippen molar-refractivity contribution < 1.29 is 28.5 Å². The standard InChI is InChI=1S/C57H70O7/c1-3-5-7-9-11-13-15-17-19-23-43-61-49-35-31-47(32-36-49)56(59)63-51-39-27-45(28-40-51)53-25-21-22-26-54(55(53)58)46-29-41-52(42-30-46)64-57(60)48-33-37-50(38-34-48)62-44-24-20-18-16-14-12-10-8-6-4-2/h21-22,25-42H,3-20,23-24,43-44H2,1-2H3. The van der Waals surface area contributed by atoms with Gasteiger partial charge in [0.2, 0.25) is 0 Å². The van der Waals surface area contributed by atoms with Gasteiger partial charge in [0.25, 0.3) is 0 Å². The number of hydrogen-bond acceptors (Lipinski definition) is 7. The Morgan fingerprint density at radius 1 is 0.359 bits per heavy atom. The summed E-state index contributed by atoms with van der Waals surface area (Å²) in [6.45, 7) is 5.83. The summed E-state index contributed by atoms with van der Waals surface area (Å²) in [5, 5.41) is 0. The molecule has 0 saturated carbocycles.